The van der Waals surface area contributed by atoms with Crippen molar-refractivity contribution in [3.05, 3.63) is 77.2 Å². The van der Waals surface area contributed by atoms with E-state index in [9.17, 15) is 14.4 Å². The molecule has 0 aliphatic heterocycles. The second-order valence-electron chi connectivity index (χ2n) is 8.02. The first-order valence-electron chi connectivity index (χ1n) is 10.7. The van der Waals surface area contributed by atoms with E-state index in [1.807, 2.05) is 36.6 Å². The van der Waals surface area contributed by atoms with E-state index in [0.29, 0.717) is 35.5 Å². The number of aromatic nitrogens is 1. The van der Waals surface area contributed by atoms with Crippen LogP contribution in [0.5, 0.6) is 0 Å². The van der Waals surface area contributed by atoms with Gasteiger partial charge in [-0.3, -0.25) is 10.1 Å². The molecule has 3 N–H and O–H groups in total. The van der Waals surface area contributed by atoms with Crippen LogP contribution in [0.25, 0.3) is 0 Å². The molecular formula is C27H27N3NaO6-. The van der Waals surface area contributed by atoms with Crippen LogP contribution in [0.2, 0.25) is 0 Å². The first kappa shape index (κ1) is 31.6. The minimum atomic E-state index is -0.994. The number of hydrogen-bond acceptors (Lipinski definition) is 7. The Morgan fingerprint density at radius 1 is 1.08 bits per heavy atom. The molecule has 9 nitrogen and oxygen atoms in total. The largest absolute Gasteiger partial charge is 1.00 e. The Morgan fingerprint density at radius 3 is 2.32 bits per heavy atom. The average Bonchev–Trinajstić information content (AvgIpc) is 3.59. The molecule has 4 rings (SSSR count). The molecule has 3 aromatic rings. The predicted molar refractivity (Wildman–Crippen MR) is 133 cm³/mol. The van der Waals surface area contributed by atoms with Crippen molar-refractivity contribution in [3.8, 4) is 11.8 Å². The molecule has 2 amide bonds. The van der Waals surface area contributed by atoms with Crippen LogP contribution >= 0.6 is 0 Å². The van der Waals surface area contributed by atoms with Crippen LogP contribution in [0.1, 0.15) is 55.9 Å². The molecule has 0 saturated heterocycles. The molecule has 0 spiro atoms. The molecule has 1 saturated carbocycles. The third-order valence-corrected chi connectivity index (χ3v) is 5.49. The topological polar surface area (TPSA) is 141 Å². The number of ether oxygens (including phenoxy) is 1. The van der Waals surface area contributed by atoms with E-state index in [1.54, 1.807) is 38.1 Å². The second-order valence-corrected chi connectivity index (χ2v) is 8.02. The van der Waals surface area contributed by atoms with Crippen molar-refractivity contribution in [1.29, 1.82) is 0 Å². The third kappa shape index (κ3) is 7.78. The molecule has 1 atom stereocenters. The fourth-order valence-electron chi connectivity index (χ4n) is 3.20. The molecule has 1 aromatic heterocycles. The van der Waals surface area contributed by atoms with Gasteiger partial charge >= 0.3 is 35.7 Å². The standard InChI is InChI=1S/C26H22N3O5.CH4.Na.H2O/c1-17-23(28-25(32)33-18(2)20-6-4-3-5-7-20)22(34-29-17)13-10-19-8-11-21(12-9-19)27-24(31)26(16-30)14-15-26;;;/h3-9,11-12,18H,14-15H2,1-2H3,(H,27,31)(H,28,32);1H4;;1H2/q-1;;+1;/p-1/t18-;;;/m1.../s1. The molecule has 1 heterocycles. The van der Waals surface area contributed by atoms with Crippen LogP contribution in [0.15, 0.2) is 59.1 Å². The van der Waals surface area contributed by atoms with Gasteiger partial charge in [-0.2, -0.15) is 0 Å². The molecule has 10 heteroatoms. The zero-order chi connectivity index (χ0) is 24.1. The van der Waals surface area contributed by atoms with E-state index in [4.69, 9.17) is 9.26 Å². The summed E-state index contributed by atoms with van der Waals surface area (Å²) in [6, 6.07) is 16.2. The van der Waals surface area contributed by atoms with E-state index in [2.05, 4.69) is 27.6 Å². The van der Waals surface area contributed by atoms with E-state index in [0.717, 1.165) is 5.56 Å². The normalized spacial score (nSPS) is 13.0. The van der Waals surface area contributed by atoms with Crippen molar-refractivity contribution in [1.82, 2.24) is 5.16 Å². The summed E-state index contributed by atoms with van der Waals surface area (Å²) in [6.45, 7) is 3.47. The molecule has 1 aliphatic rings. The Morgan fingerprint density at radius 2 is 1.73 bits per heavy atom. The van der Waals surface area contributed by atoms with Gasteiger partial charge in [0.05, 0.1) is 0 Å². The summed E-state index contributed by atoms with van der Waals surface area (Å²) >= 11 is 0. The molecule has 1 aliphatic carbocycles. The summed E-state index contributed by atoms with van der Waals surface area (Å²) < 4.78 is 10.7. The number of hydrogen-bond donors (Lipinski definition) is 2. The van der Waals surface area contributed by atoms with E-state index in [-0.39, 0.29) is 54.1 Å². The maximum atomic E-state index is 12.4. The molecular weight excluding hydrogens is 485 g/mol. The molecule has 1 fully saturated rings. The van der Waals surface area contributed by atoms with Gasteiger partial charge in [0.1, 0.15) is 17.5 Å². The predicted octanol–water partition coefficient (Wildman–Crippen LogP) is 1.98. The first-order valence-corrected chi connectivity index (χ1v) is 10.7. The van der Waals surface area contributed by atoms with Crippen molar-refractivity contribution >= 4 is 29.7 Å². The monoisotopic (exact) mass is 512 g/mol. The van der Waals surface area contributed by atoms with Gasteiger partial charge in [-0.05, 0) is 55.0 Å². The van der Waals surface area contributed by atoms with E-state index >= 15 is 0 Å². The van der Waals surface area contributed by atoms with Gasteiger partial charge in [0.25, 0.3) is 0 Å². The quantitative estimate of drug-likeness (QED) is 0.223. The summed E-state index contributed by atoms with van der Waals surface area (Å²) in [5.41, 5.74) is 1.89. The van der Waals surface area contributed by atoms with Gasteiger partial charge in [-0.15, -0.1) is 0 Å². The van der Waals surface area contributed by atoms with Crippen LogP contribution in [0, 0.1) is 24.2 Å². The van der Waals surface area contributed by atoms with Gasteiger partial charge in [0.15, 0.2) is 0 Å². The van der Waals surface area contributed by atoms with Gasteiger partial charge in [-0.25, -0.2) is 11.1 Å². The second kappa shape index (κ2) is 13.8. The smallest absolute Gasteiger partial charge is 0.870 e. The average molecular weight is 513 g/mol. The first-order chi connectivity index (χ1) is 16.4. The number of anilines is 2. The van der Waals surface area contributed by atoms with Crippen LogP contribution in [0.4, 0.5) is 16.2 Å². The van der Waals surface area contributed by atoms with Crippen molar-refractivity contribution in [2.45, 2.75) is 40.2 Å². The van der Waals surface area contributed by atoms with Crippen LogP contribution < -0.4 is 40.2 Å². The molecule has 0 unspecified atom stereocenters. The van der Waals surface area contributed by atoms with Gasteiger partial charge in [0.2, 0.25) is 11.7 Å². The maximum absolute atomic E-state index is 12.4. The zero-order valence-electron chi connectivity index (χ0n) is 20.1. The fourth-order valence-corrected chi connectivity index (χ4v) is 3.20. The maximum Gasteiger partial charge on any atom is 1.00 e. The van der Waals surface area contributed by atoms with Gasteiger partial charge < -0.3 is 24.8 Å². The fraction of sp³-hybridized carbons (Fsp3) is 0.259. The third-order valence-electron chi connectivity index (χ3n) is 5.49. The van der Waals surface area contributed by atoms with Crippen LogP contribution in [-0.2, 0) is 14.3 Å². The zero-order valence-corrected chi connectivity index (χ0v) is 22.1. The number of rotatable bonds is 6. The Hall–Kier alpha value is -3.42. The number of amides is 2. The number of carbonyl (C=O) groups is 2. The van der Waals surface area contributed by atoms with Crippen molar-refractivity contribution < 1.29 is 58.7 Å². The SMILES string of the molecule is C.Cc1noc(C#Cc2ccc(NC(=O)C3([C-]=O)CC3)cc2)c1NC(=O)O[C@H](C)c1ccccc1.[Na+].[OH-]. The van der Waals surface area contributed by atoms with Gasteiger partial charge in [0, 0.05) is 11.3 Å². The number of nitrogens with one attached hydrogen (secondary N) is 2. The number of nitrogens with zero attached hydrogens (tertiary/aromatic N) is 1. The molecule has 37 heavy (non-hydrogen) atoms. The van der Waals surface area contributed by atoms with E-state index in [1.165, 1.54) is 0 Å². The van der Waals surface area contributed by atoms with Crippen LogP contribution in [0.3, 0.4) is 0 Å². The van der Waals surface area contributed by atoms with Gasteiger partial charge in [-0.1, -0.05) is 61.7 Å². The van der Waals surface area contributed by atoms with Crippen LogP contribution in [-0.4, -0.2) is 28.9 Å². The number of carbonyl (C=O) groups excluding carboxylic acids is 3. The minimum absolute atomic E-state index is 0. The summed E-state index contributed by atoms with van der Waals surface area (Å²) in [6.07, 6.45) is 1.79. The molecule has 0 bridgehead atoms. The minimum Gasteiger partial charge on any atom is -0.870 e. The summed E-state index contributed by atoms with van der Waals surface area (Å²) in [4.78, 5) is 35.5. The Kier molecular flexibility index (Phi) is 11.8. The number of benzene rings is 2. The van der Waals surface area contributed by atoms with Crippen molar-refractivity contribution in [2.24, 2.45) is 5.41 Å². The van der Waals surface area contributed by atoms with Crippen molar-refractivity contribution in [3.63, 3.8) is 0 Å². The summed E-state index contributed by atoms with van der Waals surface area (Å²) in [7, 11) is 0. The Balaban J connectivity index is 0.00000228. The molecule has 0 radical (unpaired) electrons. The molecule has 188 valence electrons. The van der Waals surface area contributed by atoms with Crippen molar-refractivity contribution in [2.75, 3.05) is 10.6 Å². The molecule has 2 aromatic carbocycles. The summed E-state index contributed by atoms with van der Waals surface area (Å²) in [5, 5.41) is 9.25. The Bertz CT molecular complexity index is 1270. The summed E-state index contributed by atoms with van der Waals surface area (Å²) in [5.74, 6) is 5.64. The van der Waals surface area contributed by atoms with E-state index < -0.39 is 17.6 Å². The Labute approximate surface area is 237 Å². The number of aryl methyl sites for hydroxylation is 1.